The first-order valence-corrected chi connectivity index (χ1v) is 9.21. The number of hydrogen-bond acceptors (Lipinski definition) is 3. The van der Waals surface area contributed by atoms with Crippen molar-refractivity contribution in [1.29, 1.82) is 0 Å². The van der Waals surface area contributed by atoms with Crippen LogP contribution >= 0.6 is 0 Å². The lowest BCUT2D eigenvalue weighted by Crippen LogP contribution is -2.48. The maximum Gasteiger partial charge on any atom is 0.256 e. The Kier molecular flexibility index (Phi) is 6.67. The van der Waals surface area contributed by atoms with E-state index in [1.54, 1.807) is 0 Å². The monoisotopic (exact) mass is 333 g/mol. The molecule has 4 heteroatoms. The van der Waals surface area contributed by atoms with Gasteiger partial charge in [-0.3, -0.25) is 4.79 Å². The summed E-state index contributed by atoms with van der Waals surface area (Å²) in [5.41, 5.74) is 0.113. The molecule has 4 nitrogen and oxygen atoms in total. The molecular formula is C20H31NO3. The Hall–Kier alpha value is -1.55. The fourth-order valence-corrected chi connectivity index (χ4v) is 3.12. The summed E-state index contributed by atoms with van der Waals surface area (Å²) in [5, 5.41) is 3.03. The van der Waals surface area contributed by atoms with Gasteiger partial charge in [-0.15, -0.1) is 0 Å². The van der Waals surface area contributed by atoms with Crippen molar-refractivity contribution in [2.45, 2.75) is 71.5 Å². The molecule has 1 fully saturated rings. The number of ether oxygens (including phenoxy) is 2. The lowest BCUT2D eigenvalue weighted by atomic mass is 9.78. The van der Waals surface area contributed by atoms with E-state index in [1.165, 1.54) is 0 Å². The van der Waals surface area contributed by atoms with Gasteiger partial charge < -0.3 is 14.8 Å². The number of benzene rings is 1. The molecule has 1 saturated carbocycles. The first kappa shape index (κ1) is 18.8. The van der Waals surface area contributed by atoms with Gasteiger partial charge in [0, 0.05) is 12.3 Å². The van der Waals surface area contributed by atoms with Crippen LogP contribution in [0.25, 0.3) is 0 Å². The Morgan fingerprint density at radius 1 is 1.25 bits per heavy atom. The van der Waals surface area contributed by atoms with Crippen molar-refractivity contribution in [2.24, 2.45) is 5.92 Å². The molecule has 0 unspecified atom stereocenters. The molecule has 0 aliphatic heterocycles. The molecule has 1 aliphatic carbocycles. The van der Waals surface area contributed by atoms with E-state index in [4.69, 9.17) is 9.47 Å². The molecule has 0 spiro atoms. The minimum atomic E-state index is -0.673. The van der Waals surface area contributed by atoms with Gasteiger partial charge in [-0.05, 0) is 76.1 Å². The smallest absolute Gasteiger partial charge is 0.256 e. The lowest BCUT2D eigenvalue weighted by molar-refractivity contribution is -0.146. The highest BCUT2D eigenvalue weighted by Crippen LogP contribution is 2.36. The van der Waals surface area contributed by atoms with E-state index in [-0.39, 0.29) is 12.0 Å². The number of carbonyl (C=O) groups is 1. The molecule has 1 amide bonds. The van der Waals surface area contributed by atoms with Crippen molar-refractivity contribution >= 4 is 11.6 Å². The van der Waals surface area contributed by atoms with Gasteiger partial charge in [-0.2, -0.15) is 0 Å². The summed E-state index contributed by atoms with van der Waals surface area (Å²) in [7, 11) is 0. The maximum absolute atomic E-state index is 12.8. The van der Waals surface area contributed by atoms with E-state index in [1.807, 2.05) is 38.1 Å². The summed E-state index contributed by atoms with van der Waals surface area (Å²) in [4.78, 5) is 12.8. The zero-order chi connectivity index (χ0) is 17.6. The third-order valence-corrected chi connectivity index (χ3v) is 4.94. The van der Waals surface area contributed by atoms with Crippen LogP contribution in [-0.4, -0.2) is 24.2 Å². The van der Waals surface area contributed by atoms with Crippen LogP contribution in [0, 0.1) is 5.92 Å². The fraction of sp³-hybridized carbons (Fsp3) is 0.650. The van der Waals surface area contributed by atoms with E-state index < -0.39 is 5.60 Å². The minimum Gasteiger partial charge on any atom is -0.491 e. The van der Waals surface area contributed by atoms with Gasteiger partial charge in [0.15, 0.2) is 0 Å². The highest BCUT2D eigenvalue weighted by Gasteiger charge is 2.41. The molecule has 1 N–H and O–H groups in total. The Morgan fingerprint density at radius 2 is 1.88 bits per heavy atom. The summed E-state index contributed by atoms with van der Waals surface area (Å²) in [6.45, 7) is 8.89. The van der Waals surface area contributed by atoms with Crippen LogP contribution in [0.4, 0.5) is 5.69 Å². The first-order chi connectivity index (χ1) is 11.5. The molecule has 24 heavy (non-hydrogen) atoms. The molecule has 0 aromatic heterocycles. The van der Waals surface area contributed by atoms with E-state index in [0.29, 0.717) is 12.5 Å². The number of anilines is 1. The Bertz CT molecular complexity index is 518. The standard InChI is InChI=1S/C20H31NO3/c1-5-16(4)24-18-9-7-17(8-10-18)21-19(22)20(23-6-2)13-11-15(3)12-14-20/h7-10,15-16H,5-6,11-14H2,1-4H3,(H,21,22)/t15?,16-,20?/m0/s1. The molecule has 1 aromatic rings. The second kappa shape index (κ2) is 8.52. The summed E-state index contributed by atoms with van der Waals surface area (Å²) < 4.78 is 11.7. The predicted molar refractivity (Wildman–Crippen MR) is 97.4 cm³/mol. The van der Waals surface area contributed by atoms with Crippen LogP contribution < -0.4 is 10.1 Å². The van der Waals surface area contributed by atoms with Gasteiger partial charge in [-0.25, -0.2) is 0 Å². The topological polar surface area (TPSA) is 47.6 Å². The van der Waals surface area contributed by atoms with Gasteiger partial charge >= 0.3 is 0 Å². The van der Waals surface area contributed by atoms with Crippen molar-refractivity contribution < 1.29 is 14.3 Å². The molecule has 1 aliphatic rings. The summed E-state index contributed by atoms with van der Waals surface area (Å²) in [5.74, 6) is 1.48. The molecule has 0 radical (unpaired) electrons. The number of rotatable bonds is 7. The zero-order valence-electron chi connectivity index (χ0n) is 15.4. The predicted octanol–water partition coefficient (Wildman–Crippen LogP) is 4.79. The Morgan fingerprint density at radius 3 is 2.42 bits per heavy atom. The molecule has 0 heterocycles. The second-order valence-corrected chi connectivity index (χ2v) is 6.93. The van der Waals surface area contributed by atoms with Crippen molar-refractivity contribution in [1.82, 2.24) is 0 Å². The molecular weight excluding hydrogens is 302 g/mol. The lowest BCUT2D eigenvalue weighted by Gasteiger charge is -2.37. The van der Waals surface area contributed by atoms with Gasteiger partial charge in [0.05, 0.1) is 6.10 Å². The Balaban J connectivity index is 2.01. The number of nitrogens with one attached hydrogen (secondary N) is 1. The quantitative estimate of drug-likeness (QED) is 0.780. The van der Waals surface area contributed by atoms with Gasteiger partial charge in [0.1, 0.15) is 11.4 Å². The first-order valence-electron chi connectivity index (χ1n) is 9.21. The molecule has 1 atom stereocenters. The summed E-state index contributed by atoms with van der Waals surface area (Å²) in [6.07, 6.45) is 4.82. The highest BCUT2D eigenvalue weighted by atomic mass is 16.5. The zero-order valence-corrected chi connectivity index (χ0v) is 15.4. The number of hydrogen-bond donors (Lipinski definition) is 1. The van der Waals surface area contributed by atoms with Gasteiger partial charge in [0.25, 0.3) is 5.91 Å². The van der Waals surface area contributed by atoms with Crippen molar-refractivity contribution in [2.75, 3.05) is 11.9 Å². The maximum atomic E-state index is 12.8. The van der Waals surface area contributed by atoms with Crippen LogP contribution in [0.15, 0.2) is 24.3 Å². The van der Waals surface area contributed by atoms with Gasteiger partial charge in [0.2, 0.25) is 0 Å². The summed E-state index contributed by atoms with van der Waals surface area (Å²) >= 11 is 0. The van der Waals surface area contributed by atoms with Crippen LogP contribution in [0.1, 0.15) is 59.8 Å². The summed E-state index contributed by atoms with van der Waals surface area (Å²) in [6, 6.07) is 7.58. The third-order valence-electron chi connectivity index (χ3n) is 4.94. The van der Waals surface area contributed by atoms with E-state index in [2.05, 4.69) is 19.2 Å². The number of carbonyl (C=O) groups excluding carboxylic acids is 1. The van der Waals surface area contributed by atoms with Crippen LogP contribution in [0.3, 0.4) is 0 Å². The Labute approximate surface area is 145 Å². The van der Waals surface area contributed by atoms with Gasteiger partial charge in [-0.1, -0.05) is 13.8 Å². The second-order valence-electron chi connectivity index (χ2n) is 6.93. The van der Waals surface area contributed by atoms with Crippen LogP contribution in [-0.2, 0) is 9.53 Å². The fourth-order valence-electron chi connectivity index (χ4n) is 3.12. The average Bonchev–Trinajstić information content (AvgIpc) is 2.59. The normalized spacial score (nSPS) is 25.1. The largest absolute Gasteiger partial charge is 0.491 e. The van der Waals surface area contributed by atoms with Crippen LogP contribution in [0.2, 0.25) is 0 Å². The van der Waals surface area contributed by atoms with Crippen LogP contribution in [0.5, 0.6) is 5.75 Å². The SMILES string of the molecule is CCOC1(C(=O)Nc2ccc(O[C@@H](C)CC)cc2)CCC(C)CC1. The van der Waals surface area contributed by atoms with E-state index in [0.717, 1.165) is 43.5 Å². The molecule has 1 aromatic carbocycles. The highest BCUT2D eigenvalue weighted by molar-refractivity contribution is 5.97. The average molecular weight is 333 g/mol. The number of amides is 1. The molecule has 0 bridgehead atoms. The molecule has 134 valence electrons. The van der Waals surface area contributed by atoms with Crippen molar-refractivity contribution in [3.63, 3.8) is 0 Å². The van der Waals surface area contributed by atoms with Crippen molar-refractivity contribution in [3.05, 3.63) is 24.3 Å². The van der Waals surface area contributed by atoms with E-state index >= 15 is 0 Å². The van der Waals surface area contributed by atoms with Crippen molar-refractivity contribution in [3.8, 4) is 5.75 Å². The molecule has 2 rings (SSSR count). The minimum absolute atomic E-state index is 0.0214. The third kappa shape index (κ3) is 4.73. The van der Waals surface area contributed by atoms with E-state index in [9.17, 15) is 4.79 Å². The molecule has 0 saturated heterocycles.